The van der Waals surface area contributed by atoms with E-state index in [0.29, 0.717) is 0 Å². The third-order valence-electron chi connectivity index (χ3n) is 5.91. The van der Waals surface area contributed by atoms with Gasteiger partial charge in [0, 0.05) is 5.56 Å². The quantitative estimate of drug-likeness (QED) is 0.677. The van der Waals surface area contributed by atoms with Crippen LogP contribution in [-0.2, 0) is 13.1 Å². The summed E-state index contributed by atoms with van der Waals surface area (Å²) in [5.41, 5.74) is 2.69. The fraction of sp³-hybridized carbons (Fsp3) is 0.333. The first-order valence-corrected chi connectivity index (χ1v) is 10.1. The first-order valence-electron chi connectivity index (χ1n) is 10.1. The van der Waals surface area contributed by atoms with Gasteiger partial charge in [-0.15, -0.1) is 0 Å². The van der Waals surface area contributed by atoms with Gasteiger partial charge in [-0.2, -0.15) is 0 Å². The Kier molecular flexibility index (Phi) is 5.79. The van der Waals surface area contributed by atoms with Crippen LogP contribution in [0.25, 0.3) is 10.8 Å². The molecular formula is C24H30N2O2+2. The molecule has 3 aromatic carbocycles. The Labute approximate surface area is 167 Å². The topological polar surface area (TPSA) is 27.3 Å². The maximum absolute atomic E-state index is 5.61. The lowest BCUT2D eigenvalue weighted by atomic mass is 10.0. The minimum absolute atomic E-state index is 0.819. The molecule has 0 radical (unpaired) electrons. The fourth-order valence-corrected chi connectivity index (χ4v) is 4.39. The molecule has 0 aromatic heterocycles. The number of methoxy groups -OCH3 is 2. The normalized spacial score (nSPS) is 19.5. The van der Waals surface area contributed by atoms with E-state index in [1.54, 1.807) is 24.0 Å². The van der Waals surface area contributed by atoms with Crippen molar-refractivity contribution in [3.05, 3.63) is 71.8 Å². The van der Waals surface area contributed by atoms with E-state index in [1.807, 2.05) is 6.07 Å². The van der Waals surface area contributed by atoms with E-state index in [2.05, 4.69) is 54.6 Å². The lowest BCUT2D eigenvalue weighted by Crippen LogP contribution is -3.27. The molecule has 3 aromatic rings. The van der Waals surface area contributed by atoms with Crippen molar-refractivity contribution in [2.45, 2.75) is 13.1 Å². The molecule has 0 amide bonds. The van der Waals surface area contributed by atoms with E-state index >= 15 is 0 Å². The summed E-state index contributed by atoms with van der Waals surface area (Å²) in [6, 6.07) is 21.6. The number of fused-ring (bicyclic) bond motifs is 1. The second-order valence-electron chi connectivity index (χ2n) is 7.64. The average Bonchev–Trinajstić information content (AvgIpc) is 2.75. The number of nitrogens with one attached hydrogen (secondary N) is 2. The molecule has 1 fully saturated rings. The highest BCUT2D eigenvalue weighted by atomic mass is 16.5. The summed E-state index contributed by atoms with van der Waals surface area (Å²) in [4.78, 5) is 3.30. The van der Waals surface area contributed by atoms with Crippen LogP contribution in [0.3, 0.4) is 0 Å². The van der Waals surface area contributed by atoms with Crippen molar-refractivity contribution in [2.75, 3.05) is 40.4 Å². The first-order chi connectivity index (χ1) is 13.8. The largest absolute Gasteiger partial charge is 0.493 e. The van der Waals surface area contributed by atoms with Crippen LogP contribution in [0.5, 0.6) is 11.5 Å². The number of quaternary nitrogens is 2. The molecule has 2 N–H and O–H groups in total. The van der Waals surface area contributed by atoms with Crippen molar-refractivity contribution in [3.8, 4) is 11.5 Å². The fourth-order valence-electron chi connectivity index (χ4n) is 4.39. The van der Waals surface area contributed by atoms with Crippen molar-refractivity contribution in [1.82, 2.24) is 0 Å². The van der Waals surface area contributed by atoms with Gasteiger partial charge >= 0.3 is 0 Å². The molecule has 0 unspecified atom stereocenters. The predicted octanol–water partition coefficient (Wildman–Crippen LogP) is 1.34. The van der Waals surface area contributed by atoms with Crippen LogP contribution >= 0.6 is 0 Å². The summed E-state index contributed by atoms with van der Waals surface area (Å²) in [7, 11) is 3.42. The lowest BCUT2D eigenvalue weighted by molar-refractivity contribution is -1.02. The first kappa shape index (κ1) is 18.8. The molecule has 0 spiro atoms. The standard InChI is InChI=1S/C24H28N2O2/c1-27-23-12-6-10-21(24(23)28-2)18-26-15-13-25(14-16-26)17-20-9-5-8-19-7-3-4-11-22(19)20/h3-12H,13-18H2,1-2H3/p+2. The van der Waals surface area contributed by atoms with Gasteiger partial charge in [0.05, 0.1) is 19.8 Å². The van der Waals surface area contributed by atoms with E-state index in [-0.39, 0.29) is 0 Å². The van der Waals surface area contributed by atoms with E-state index in [9.17, 15) is 0 Å². The molecular weight excluding hydrogens is 348 g/mol. The number of para-hydroxylation sites is 1. The van der Waals surface area contributed by atoms with E-state index < -0.39 is 0 Å². The molecule has 1 heterocycles. The number of hydrogen-bond donors (Lipinski definition) is 2. The van der Waals surface area contributed by atoms with Gasteiger partial charge in [0.25, 0.3) is 0 Å². The molecule has 1 aliphatic heterocycles. The Bertz CT molecular complexity index is 928. The van der Waals surface area contributed by atoms with Crippen molar-refractivity contribution in [2.24, 2.45) is 0 Å². The SMILES string of the molecule is COc1cccc(C[NH+]2CC[NH+](Cc3cccc4ccccc34)CC2)c1OC. The van der Waals surface area contributed by atoms with E-state index in [1.165, 1.54) is 48.1 Å². The molecule has 0 aliphatic carbocycles. The number of benzene rings is 3. The van der Waals surface area contributed by atoms with Crippen molar-refractivity contribution < 1.29 is 19.3 Å². The third-order valence-corrected chi connectivity index (χ3v) is 5.91. The Morgan fingerprint density at radius 2 is 1.29 bits per heavy atom. The van der Waals surface area contributed by atoms with Crippen LogP contribution < -0.4 is 19.3 Å². The Hall–Kier alpha value is -2.56. The highest BCUT2D eigenvalue weighted by Crippen LogP contribution is 2.30. The van der Waals surface area contributed by atoms with E-state index in [0.717, 1.165) is 24.6 Å². The molecule has 28 heavy (non-hydrogen) atoms. The zero-order valence-corrected chi connectivity index (χ0v) is 16.8. The van der Waals surface area contributed by atoms with Crippen LogP contribution in [0.2, 0.25) is 0 Å². The van der Waals surface area contributed by atoms with Gasteiger partial charge in [-0.25, -0.2) is 0 Å². The summed E-state index contributed by atoms with van der Waals surface area (Å²) < 4.78 is 11.1. The maximum Gasteiger partial charge on any atom is 0.169 e. The minimum atomic E-state index is 0.819. The molecule has 4 nitrogen and oxygen atoms in total. The average molecular weight is 379 g/mol. The third kappa shape index (κ3) is 3.98. The second kappa shape index (κ2) is 8.63. The number of ether oxygens (including phenoxy) is 2. The predicted molar refractivity (Wildman–Crippen MR) is 112 cm³/mol. The van der Waals surface area contributed by atoms with Gasteiger partial charge in [0.2, 0.25) is 0 Å². The molecule has 146 valence electrons. The van der Waals surface area contributed by atoms with Crippen LogP contribution in [-0.4, -0.2) is 40.4 Å². The minimum Gasteiger partial charge on any atom is -0.493 e. The van der Waals surface area contributed by atoms with Gasteiger partial charge in [-0.3, -0.25) is 0 Å². The smallest absolute Gasteiger partial charge is 0.169 e. The summed E-state index contributed by atoms with van der Waals surface area (Å²) in [5.74, 6) is 1.70. The van der Waals surface area contributed by atoms with Crippen LogP contribution in [0, 0.1) is 0 Å². The van der Waals surface area contributed by atoms with Gasteiger partial charge in [0.1, 0.15) is 39.3 Å². The molecule has 1 aliphatic rings. The second-order valence-corrected chi connectivity index (χ2v) is 7.64. The van der Waals surface area contributed by atoms with Crippen molar-refractivity contribution >= 4 is 10.8 Å². The van der Waals surface area contributed by atoms with E-state index in [4.69, 9.17) is 9.47 Å². The highest BCUT2D eigenvalue weighted by molar-refractivity contribution is 5.85. The molecule has 0 atom stereocenters. The molecule has 1 saturated heterocycles. The zero-order valence-electron chi connectivity index (χ0n) is 16.8. The number of rotatable bonds is 6. The zero-order chi connectivity index (χ0) is 19.3. The van der Waals surface area contributed by atoms with Crippen LogP contribution in [0.15, 0.2) is 60.7 Å². The Balaban J connectivity index is 1.39. The monoisotopic (exact) mass is 378 g/mol. The van der Waals surface area contributed by atoms with Crippen molar-refractivity contribution in [3.63, 3.8) is 0 Å². The number of hydrogen-bond acceptors (Lipinski definition) is 2. The Morgan fingerprint density at radius 1 is 0.679 bits per heavy atom. The number of piperazine rings is 1. The maximum atomic E-state index is 5.61. The summed E-state index contributed by atoms with van der Waals surface area (Å²) >= 11 is 0. The molecule has 0 bridgehead atoms. The van der Waals surface area contributed by atoms with Gasteiger partial charge in [0.15, 0.2) is 11.5 Å². The molecule has 0 saturated carbocycles. The summed E-state index contributed by atoms with van der Waals surface area (Å²) in [6.45, 7) is 6.86. The van der Waals surface area contributed by atoms with Crippen LogP contribution in [0.4, 0.5) is 0 Å². The van der Waals surface area contributed by atoms with Crippen LogP contribution in [0.1, 0.15) is 11.1 Å². The lowest BCUT2D eigenvalue weighted by Gasteiger charge is -2.30. The highest BCUT2D eigenvalue weighted by Gasteiger charge is 2.25. The van der Waals surface area contributed by atoms with Gasteiger partial charge in [-0.05, 0) is 22.9 Å². The summed E-state index contributed by atoms with van der Waals surface area (Å²) in [6.07, 6.45) is 0. The molecule has 4 heteroatoms. The van der Waals surface area contributed by atoms with Gasteiger partial charge < -0.3 is 19.3 Å². The van der Waals surface area contributed by atoms with Crippen molar-refractivity contribution in [1.29, 1.82) is 0 Å². The Morgan fingerprint density at radius 3 is 2.00 bits per heavy atom. The summed E-state index contributed by atoms with van der Waals surface area (Å²) in [5, 5.41) is 2.74. The van der Waals surface area contributed by atoms with Gasteiger partial charge in [-0.1, -0.05) is 48.5 Å². The molecule has 4 rings (SSSR count).